The van der Waals surface area contributed by atoms with Gasteiger partial charge in [0.15, 0.2) is 0 Å². The van der Waals surface area contributed by atoms with Crippen molar-refractivity contribution in [1.29, 1.82) is 5.41 Å². The number of methoxy groups -OCH3 is 1. The zero-order valence-corrected chi connectivity index (χ0v) is 9.83. The van der Waals surface area contributed by atoms with Crippen LogP contribution < -0.4 is 5.73 Å². The van der Waals surface area contributed by atoms with Crippen LogP contribution in [-0.2, 0) is 16.1 Å². The Kier molecular flexibility index (Phi) is 5.59. The number of nitrogens with one attached hydrogen (secondary N) is 1. The van der Waals surface area contributed by atoms with Crippen LogP contribution in [0.2, 0.25) is 0 Å². The van der Waals surface area contributed by atoms with Crippen LogP contribution in [0.15, 0.2) is 18.2 Å². The molecule has 5 heteroatoms. The van der Waals surface area contributed by atoms with Gasteiger partial charge >= 0.3 is 0 Å². The van der Waals surface area contributed by atoms with Gasteiger partial charge in [-0.1, -0.05) is 12.1 Å². The van der Waals surface area contributed by atoms with Crippen LogP contribution in [0.25, 0.3) is 0 Å². The molecule has 4 nitrogen and oxygen atoms in total. The van der Waals surface area contributed by atoms with Gasteiger partial charge in [-0.05, 0) is 12.5 Å². The summed E-state index contributed by atoms with van der Waals surface area (Å²) in [7, 11) is 1.62. The summed E-state index contributed by atoms with van der Waals surface area (Å²) < 4.78 is 23.9. The van der Waals surface area contributed by atoms with Crippen molar-refractivity contribution in [2.75, 3.05) is 20.3 Å². The third kappa shape index (κ3) is 4.13. The molecule has 0 saturated carbocycles. The summed E-state index contributed by atoms with van der Waals surface area (Å²) in [5.74, 6) is -0.754. The number of halogens is 1. The summed E-state index contributed by atoms with van der Waals surface area (Å²) in [6, 6.07) is 4.76. The fourth-order valence-electron chi connectivity index (χ4n) is 1.39. The molecule has 0 spiro atoms. The molecule has 1 aromatic rings. The first-order chi connectivity index (χ1) is 8.16. The smallest absolute Gasteiger partial charge is 0.139 e. The van der Waals surface area contributed by atoms with Crippen molar-refractivity contribution in [3.8, 4) is 0 Å². The highest BCUT2D eigenvalue weighted by Gasteiger charge is 2.09. The SMILES string of the molecule is COCCCOCc1cccc(C(=N)N)c1F. The summed E-state index contributed by atoms with van der Waals surface area (Å²) in [6.07, 6.45) is 0.768. The minimum absolute atomic E-state index is 0.114. The highest BCUT2D eigenvalue weighted by atomic mass is 19.1. The van der Waals surface area contributed by atoms with Gasteiger partial charge in [-0.25, -0.2) is 4.39 Å². The van der Waals surface area contributed by atoms with Crippen molar-refractivity contribution in [1.82, 2.24) is 0 Å². The standard InChI is InChI=1S/C12H17FN2O2/c1-16-6-3-7-17-8-9-4-2-5-10(11(9)13)12(14)15/h2,4-5H,3,6-8H2,1H3,(H3,14,15). The Bertz CT molecular complexity index is 383. The minimum Gasteiger partial charge on any atom is -0.385 e. The molecule has 0 unspecified atom stereocenters. The summed E-state index contributed by atoms with van der Waals surface area (Å²) in [5.41, 5.74) is 5.79. The van der Waals surface area contributed by atoms with Gasteiger partial charge in [0, 0.05) is 25.9 Å². The molecule has 0 aliphatic carbocycles. The lowest BCUT2D eigenvalue weighted by molar-refractivity contribution is 0.0912. The Hall–Kier alpha value is -1.46. The van der Waals surface area contributed by atoms with Gasteiger partial charge in [-0.2, -0.15) is 0 Å². The molecular formula is C12H17FN2O2. The van der Waals surface area contributed by atoms with E-state index in [0.717, 1.165) is 6.42 Å². The summed E-state index contributed by atoms with van der Waals surface area (Å²) >= 11 is 0. The third-order valence-corrected chi connectivity index (χ3v) is 2.26. The van der Waals surface area contributed by atoms with Gasteiger partial charge in [0.2, 0.25) is 0 Å². The van der Waals surface area contributed by atoms with Crippen molar-refractivity contribution in [2.24, 2.45) is 5.73 Å². The van der Waals surface area contributed by atoms with Gasteiger partial charge in [-0.3, -0.25) is 5.41 Å². The molecule has 0 amide bonds. The molecule has 17 heavy (non-hydrogen) atoms. The van der Waals surface area contributed by atoms with E-state index in [4.69, 9.17) is 20.6 Å². The molecule has 0 heterocycles. The van der Waals surface area contributed by atoms with E-state index in [0.29, 0.717) is 18.8 Å². The second-order valence-corrected chi connectivity index (χ2v) is 3.59. The van der Waals surface area contributed by atoms with Crippen molar-refractivity contribution in [3.05, 3.63) is 35.1 Å². The molecule has 1 rings (SSSR count). The number of nitrogen functional groups attached to an aromatic ring is 1. The lowest BCUT2D eigenvalue weighted by Gasteiger charge is -2.08. The molecule has 0 aliphatic heterocycles. The van der Waals surface area contributed by atoms with Crippen LogP contribution in [0.3, 0.4) is 0 Å². The van der Waals surface area contributed by atoms with Crippen molar-refractivity contribution >= 4 is 5.84 Å². The molecule has 0 saturated heterocycles. The predicted molar refractivity (Wildman–Crippen MR) is 63.6 cm³/mol. The summed E-state index contributed by atoms with van der Waals surface area (Å²) in [4.78, 5) is 0. The first-order valence-corrected chi connectivity index (χ1v) is 5.35. The molecule has 1 aromatic carbocycles. The molecule has 0 atom stereocenters. The molecule has 0 fully saturated rings. The van der Waals surface area contributed by atoms with Gasteiger partial charge in [-0.15, -0.1) is 0 Å². The van der Waals surface area contributed by atoms with Gasteiger partial charge in [0.1, 0.15) is 11.7 Å². The Labute approximate surface area is 100 Å². The van der Waals surface area contributed by atoms with Crippen LogP contribution in [0, 0.1) is 11.2 Å². The van der Waals surface area contributed by atoms with Crippen LogP contribution in [-0.4, -0.2) is 26.2 Å². The monoisotopic (exact) mass is 240 g/mol. The van der Waals surface area contributed by atoms with Crippen molar-refractivity contribution < 1.29 is 13.9 Å². The molecule has 94 valence electrons. The lowest BCUT2D eigenvalue weighted by Crippen LogP contribution is -2.14. The van der Waals surface area contributed by atoms with Crippen molar-refractivity contribution in [2.45, 2.75) is 13.0 Å². The van der Waals surface area contributed by atoms with E-state index in [2.05, 4.69) is 0 Å². The number of ether oxygens (including phenoxy) is 2. The van der Waals surface area contributed by atoms with Crippen LogP contribution >= 0.6 is 0 Å². The third-order valence-electron chi connectivity index (χ3n) is 2.26. The molecule has 0 aliphatic rings. The predicted octanol–water partition coefficient (Wildman–Crippen LogP) is 1.66. The average Bonchev–Trinajstić information content (AvgIpc) is 2.30. The number of benzene rings is 1. The number of rotatable bonds is 7. The average molecular weight is 240 g/mol. The maximum absolute atomic E-state index is 13.8. The fourth-order valence-corrected chi connectivity index (χ4v) is 1.39. The summed E-state index contributed by atoms with van der Waals surface area (Å²) in [5, 5.41) is 7.22. The lowest BCUT2D eigenvalue weighted by atomic mass is 10.1. The highest BCUT2D eigenvalue weighted by Crippen LogP contribution is 2.13. The Morgan fingerprint density at radius 1 is 1.41 bits per heavy atom. The topological polar surface area (TPSA) is 68.3 Å². The maximum atomic E-state index is 13.8. The second kappa shape index (κ2) is 6.98. The zero-order chi connectivity index (χ0) is 12.7. The highest BCUT2D eigenvalue weighted by molar-refractivity contribution is 5.95. The Balaban J connectivity index is 2.54. The number of hydrogen-bond donors (Lipinski definition) is 2. The van der Waals surface area contributed by atoms with E-state index in [-0.39, 0.29) is 18.0 Å². The number of nitrogens with two attached hydrogens (primary N) is 1. The van der Waals surface area contributed by atoms with E-state index in [1.807, 2.05) is 0 Å². The Morgan fingerprint density at radius 3 is 2.82 bits per heavy atom. The van der Waals surface area contributed by atoms with E-state index < -0.39 is 5.82 Å². The molecule has 0 radical (unpaired) electrons. The van der Waals surface area contributed by atoms with E-state index >= 15 is 0 Å². The molecule has 0 aromatic heterocycles. The fraction of sp³-hybridized carbons (Fsp3) is 0.417. The van der Waals surface area contributed by atoms with E-state index in [9.17, 15) is 4.39 Å². The Morgan fingerprint density at radius 2 is 2.18 bits per heavy atom. The summed E-state index contributed by atoms with van der Waals surface area (Å²) in [6.45, 7) is 1.31. The van der Waals surface area contributed by atoms with Gasteiger partial charge < -0.3 is 15.2 Å². The van der Waals surface area contributed by atoms with Crippen LogP contribution in [0.4, 0.5) is 4.39 Å². The molecular weight excluding hydrogens is 223 g/mol. The first-order valence-electron chi connectivity index (χ1n) is 5.35. The minimum atomic E-state index is -0.480. The second-order valence-electron chi connectivity index (χ2n) is 3.59. The van der Waals surface area contributed by atoms with E-state index in [1.54, 1.807) is 19.2 Å². The van der Waals surface area contributed by atoms with Gasteiger partial charge in [0.05, 0.1) is 12.2 Å². The normalized spacial score (nSPS) is 10.5. The zero-order valence-electron chi connectivity index (χ0n) is 9.83. The van der Waals surface area contributed by atoms with Crippen LogP contribution in [0.1, 0.15) is 17.5 Å². The van der Waals surface area contributed by atoms with Crippen molar-refractivity contribution in [3.63, 3.8) is 0 Å². The molecule has 3 N–H and O–H groups in total. The quantitative estimate of drug-likeness (QED) is 0.432. The van der Waals surface area contributed by atoms with Gasteiger partial charge in [0.25, 0.3) is 0 Å². The molecule has 0 bridgehead atoms. The number of hydrogen-bond acceptors (Lipinski definition) is 3. The first kappa shape index (κ1) is 13.6. The van der Waals surface area contributed by atoms with Crippen LogP contribution in [0.5, 0.6) is 0 Å². The van der Waals surface area contributed by atoms with E-state index in [1.165, 1.54) is 6.07 Å². The largest absolute Gasteiger partial charge is 0.385 e. The number of amidine groups is 1. The maximum Gasteiger partial charge on any atom is 0.139 e.